The van der Waals surface area contributed by atoms with Crippen molar-refractivity contribution in [1.29, 1.82) is 0 Å². The second-order valence-electron chi connectivity index (χ2n) is 9.41. The Bertz CT molecular complexity index is 702. The molecule has 2 aliphatic carbocycles. The third-order valence-corrected chi connectivity index (χ3v) is 8.12. The topological polar surface area (TPSA) is 91.8 Å². The molecule has 1 spiro atoms. The first-order valence-corrected chi connectivity index (χ1v) is 9.83. The number of ether oxygens (including phenoxy) is 3. The third kappa shape index (κ3) is 1.75. The van der Waals surface area contributed by atoms with Gasteiger partial charge in [-0.2, -0.15) is 0 Å². The highest BCUT2D eigenvalue weighted by molar-refractivity contribution is 5.90. The number of epoxide rings is 2. The van der Waals surface area contributed by atoms with Crippen LogP contribution in [0.1, 0.15) is 52.9 Å². The Morgan fingerprint density at radius 3 is 2.73 bits per heavy atom. The number of cyclic esters (lactones) is 1. The highest BCUT2D eigenvalue weighted by Gasteiger charge is 2.88. The van der Waals surface area contributed by atoms with Crippen LogP contribution in [0.15, 0.2) is 11.6 Å². The quantitative estimate of drug-likeness (QED) is 0.580. The number of carbonyl (C=O) groups excluding carboxylic acids is 1. The highest BCUT2D eigenvalue weighted by Crippen LogP contribution is 2.73. The van der Waals surface area contributed by atoms with Gasteiger partial charge in [0.1, 0.15) is 23.9 Å². The van der Waals surface area contributed by atoms with Crippen LogP contribution in [0.4, 0.5) is 0 Å². The molecule has 4 fully saturated rings. The summed E-state index contributed by atoms with van der Waals surface area (Å²) in [6.45, 7) is 6.53. The number of esters is 1. The van der Waals surface area contributed by atoms with E-state index in [1.165, 1.54) is 0 Å². The molecule has 26 heavy (non-hydrogen) atoms. The summed E-state index contributed by atoms with van der Waals surface area (Å²) in [6.07, 6.45) is 4.13. The van der Waals surface area contributed by atoms with Gasteiger partial charge in [-0.1, -0.05) is 20.8 Å². The summed E-state index contributed by atoms with van der Waals surface area (Å²) in [7, 11) is 0. The van der Waals surface area contributed by atoms with Gasteiger partial charge in [-0.3, -0.25) is 0 Å². The zero-order chi connectivity index (χ0) is 18.5. The number of hydrogen-bond acceptors (Lipinski definition) is 6. The van der Waals surface area contributed by atoms with E-state index in [-0.39, 0.29) is 24.1 Å². The van der Waals surface area contributed by atoms with Gasteiger partial charge in [0, 0.05) is 12.0 Å². The van der Waals surface area contributed by atoms with Crippen molar-refractivity contribution in [3.8, 4) is 0 Å². The Kier molecular flexibility index (Phi) is 3.24. The average Bonchev–Trinajstić information content (AvgIpc) is 3.45. The summed E-state index contributed by atoms with van der Waals surface area (Å²) < 4.78 is 17.1. The lowest BCUT2D eigenvalue weighted by molar-refractivity contribution is -0.199. The van der Waals surface area contributed by atoms with Crippen LogP contribution >= 0.6 is 0 Å². The molecule has 0 aromatic heterocycles. The maximum Gasteiger partial charge on any atom is 0.334 e. The third-order valence-electron chi connectivity index (χ3n) is 8.12. The van der Waals surface area contributed by atoms with Crippen molar-refractivity contribution in [2.45, 2.75) is 88.0 Å². The number of carbonyl (C=O) groups is 1. The molecule has 0 aromatic carbocycles. The fourth-order valence-corrected chi connectivity index (χ4v) is 6.26. The van der Waals surface area contributed by atoms with Crippen molar-refractivity contribution in [2.24, 2.45) is 11.3 Å². The first kappa shape index (κ1) is 17.2. The van der Waals surface area contributed by atoms with Crippen LogP contribution in [-0.2, 0) is 19.0 Å². The molecule has 0 amide bonds. The first-order chi connectivity index (χ1) is 12.2. The monoisotopic (exact) mass is 364 g/mol. The minimum atomic E-state index is -1.15. The van der Waals surface area contributed by atoms with E-state index in [2.05, 4.69) is 20.8 Å². The summed E-state index contributed by atoms with van der Waals surface area (Å²) in [5.41, 5.74) is -2.41. The fourth-order valence-electron chi connectivity index (χ4n) is 6.26. The molecule has 5 rings (SSSR count). The molecule has 3 aliphatic heterocycles. The molecular weight excluding hydrogens is 336 g/mol. The lowest BCUT2D eigenvalue weighted by Gasteiger charge is -2.55. The Balaban J connectivity index is 1.46. The second kappa shape index (κ2) is 4.90. The van der Waals surface area contributed by atoms with E-state index in [0.717, 1.165) is 12.8 Å². The summed E-state index contributed by atoms with van der Waals surface area (Å²) in [5.74, 6) is -0.0856. The summed E-state index contributed by atoms with van der Waals surface area (Å²) in [6, 6.07) is 0. The van der Waals surface area contributed by atoms with Crippen molar-refractivity contribution >= 4 is 5.97 Å². The van der Waals surface area contributed by atoms with Crippen LogP contribution in [0.25, 0.3) is 0 Å². The van der Waals surface area contributed by atoms with Crippen LogP contribution in [-0.4, -0.2) is 57.9 Å². The second-order valence-corrected chi connectivity index (χ2v) is 9.41. The zero-order valence-electron chi connectivity index (χ0n) is 15.7. The molecule has 6 heteroatoms. The van der Waals surface area contributed by atoms with E-state index in [4.69, 9.17) is 14.2 Å². The normalized spacial score (nSPS) is 54.2. The predicted molar refractivity (Wildman–Crippen MR) is 91.2 cm³/mol. The summed E-state index contributed by atoms with van der Waals surface area (Å²) in [5, 5.41) is 23.2. The van der Waals surface area contributed by atoms with Crippen molar-refractivity contribution < 1.29 is 29.2 Å². The van der Waals surface area contributed by atoms with Gasteiger partial charge in [-0.25, -0.2) is 4.79 Å². The molecule has 0 aromatic rings. The fraction of sp³-hybridized carbons (Fsp3) is 0.850. The van der Waals surface area contributed by atoms with Gasteiger partial charge >= 0.3 is 5.97 Å². The number of hydrogen-bond donors (Lipinski definition) is 2. The molecule has 7 unspecified atom stereocenters. The van der Waals surface area contributed by atoms with Gasteiger partial charge in [0.25, 0.3) is 0 Å². The predicted octanol–water partition coefficient (Wildman–Crippen LogP) is 1.48. The summed E-state index contributed by atoms with van der Waals surface area (Å²) in [4.78, 5) is 11.8. The minimum Gasteiger partial charge on any atom is -0.458 e. The Labute approximate surface area is 153 Å². The number of rotatable bonds is 4. The van der Waals surface area contributed by atoms with E-state index in [9.17, 15) is 15.0 Å². The first-order valence-electron chi connectivity index (χ1n) is 9.83. The van der Waals surface area contributed by atoms with Gasteiger partial charge in [0.15, 0.2) is 5.60 Å². The SMILES string of the molecule is CC(C)C12OC1CC1(O)C(C)(CCC3=CCOC3=O)CCC3OC31C2O. The number of aliphatic hydroxyl groups excluding tert-OH is 1. The Morgan fingerprint density at radius 2 is 2.08 bits per heavy atom. The molecule has 3 heterocycles. The Morgan fingerprint density at radius 1 is 1.31 bits per heavy atom. The molecule has 144 valence electrons. The van der Waals surface area contributed by atoms with Crippen molar-refractivity contribution in [3.05, 3.63) is 11.6 Å². The van der Waals surface area contributed by atoms with E-state index in [1.54, 1.807) is 0 Å². The van der Waals surface area contributed by atoms with Gasteiger partial charge < -0.3 is 24.4 Å². The minimum absolute atomic E-state index is 0.105. The molecule has 7 atom stereocenters. The van der Waals surface area contributed by atoms with Crippen LogP contribution < -0.4 is 0 Å². The van der Waals surface area contributed by atoms with Crippen molar-refractivity contribution in [1.82, 2.24) is 0 Å². The molecule has 0 radical (unpaired) electrons. The Hall–Kier alpha value is -0.950. The van der Waals surface area contributed by atoms with E-state index < -0.39 is 28.3 Å². The average molecular weight is 364 g/mol. The van der Waals surface area contributed by atoms with Crippen molar-refractivity contribution in [2.75, 3.05) is 6.61 Å². The van der Waals surface area contributed by atoms with Gasteiger partial charge in [0.05, 0.1) is 12.2 Å². The standard InChI is InChI=1S/C20H28O6/c1-11(2)19-14(25-19)10-18(23)17(3,7-4-12-6-9-24-15(12)21)8-5-13-20(18,26-13)16(19)22/h6,11,13-14,16,22-23H,4-5,7-10H2,1-3H3. The summed E-state index contributed by atoms with van der Waals surface area (Å²) >= 11 is 0. The lowest BCUT2D eigenvalue weighted by Crippen LogP contribution is -2.71. The van der Waals surface area contributed by atoms with Crippen LogP contribution in [0, 0.1) is 11.3 Å². The van der Waals surface area contributed by atoms with Gasteiger partial charge in [0.2, 0.25) is 0 Å². The smallest absolute Gasteiger partial charge is 0.334 e. The maximum absolute atomic E-state index is 11.9. The van der Waals surface area contributed by atoms with Gasteiger partial charge in [-0.15, -0.1) is 0 Å². The van der Waals surface area contributed by atoms with Crippen molar-refractivity contribution in [3.63, 3.8) is 0 Å². The molecule has 6 nitrogen and oxygen atoms in total. The van der Waals surface area contributed by atoms with Gasteiger partial charge in [-0.05, 0) is 43.1 Å². The highest BCUT2D eigenvalue weighted by atomic mass is 16.7. The van der Waals surface area contributed by atoms with E-state index >= 15 is 0 Å². The molecule has 2 saturated heterocycles. The molecule has 0 bridgehead atoms. The van der Waals surface area contributed by atoms with Crippen LogP contribution in [0.3, 0.4) is 0 Å². The van der Waals surface area contributed by atoms with Crippen LogP contribution in [0.2, 0.25) is 0 Å². The lowest BCUT2D eigenvalue weighted by atomic mass is 9.50. The number of fused-ring (bicyclic) bond motifs is 1. The molecule has 5 aliphatic rings. The molecule has 2 saturated carbocycles. The molecular formula is C20H28O6. The number of aliphatic hydroxyl groups is 2. The van der Waals surface area contributed by atoms with E-state index in [1.807, 2.05) is 6.08 Å². The molecule has 2 N–H and O–H groups in total. The maximum atomic E-state index is 11.9. The zero-order valence-corrected chi connectivity index (χ0v) is 15.7. The van der Waals surface area contributed by atoms with E-state index in [0.29, 0.717) is 31.4 Å². The van der Waals surface area contributed by atoms with Crippen LogP contribution in [0.5, 0.6) is 0 Å². The largest absolute Gasteiger partial charge is 0.458 e.